The zero-order valence-electron chi connectivity index (χ0n) is 11.4. The minimum Gasteiger partial charge on any atom is -0.481 e. The summed E-state index contributed by atoms with van der Waals surface area (Å²) in [5.41, 5.74) is -0.924. The predicted molar refractivity (Wildman–Crippen MR) is 72.3 cm³/mol. The lowest BCUT2D eigenvalue weighted by molar-refractivity contribution is -0.142. The highest BCUT2D eigenvalue weighted by molar-refractivity contribution is 7.87. The third kappa shape index (κ3) is 3.69. The molecule has 0 aromatic carbocycles. The van der Waals surface area contributed by atoms with Gasteiger partial charge in [0.1, 0.15) is 0 Å². The Hall–Kier alpha value is -0.700. The summed E-state index contributed by atoms with van der Waals surface area (Å²) in [6.07, 6.45) is 3.75. The molecule has 20 heavy (non-hydrogen) atoms. The average molecular weight is 306 g/mol. The number of carboxylic acids is 1. The molecular formula is C12H22N2O5S. The predicted octanol–water partition coefficient (Wildman–Crippen LogP) is -0.0775. The Labute approximate surface area is 119 Å². The Morgan fingerprint density at radius 1 is 1.25 bits per heavy atom. The van der Waals surface area contributed by atoms with Crippen molar-refractivity contribution in [2.75, 3.05) is 19.6 Å². The molecule has 1 saturated heterocycles. The van der Waals surface area contributed by atoms with E-state index >= 15 is 0 Å². The van der Waals surface area contributed by atoms with Gasteiger partial charge in [-0.2, -0.15) is 17.4 Å². The Morgan fingerprint density at radius 2 is 1.80 bits per heavy atom. The van der Waals surface area contributed by atoms with Gasteiger partial charge >= 0.3 is 5.97 Å². The molecule has 0 atom stereocenters. The molecule has 2 aliphatic rings. The van der Waals surface area contributed by atoms with Crippen LogP contribution in [0, 0.1) is 5.92 Å². The second-order valence-corrected chi connectivity index (χ2v) is 7.52. The molecule has 2 rings (SSSR count). The summed E-state index contributed by atoms with van der Waals surface area (Å²) in [5, 5.41) is 19.0. The maximum atomic E-state index is 12.1. The maximum absolute atomic E-state index is 12.1. The van der Waals surface area contributed by atoms with Crippen molar-refractivity contribution in [3.05, 3.63) is 0 Å². The topological polar surface area (TPSA) is 107 Å². The first kappa shape index (κ1) is 15.7. The van der Waals surface area contributed by atoms with Gasteiger partial charge < -0.3 is 10.2 Å². The number of carboxylic acid groups (broad SMARTS) is 1. The molecule has 0 spiro atoms. The largest absolute Gasteiger partial charge is 0.481 e. The molecule has 3 N–H and O–H groups in total. The summed E-state index contributed by atoms with van der Waals surface area (Å²) in [6, 6.07) is 0. The fraction of sp³-hybridized carbons (Fsp3) is 0.917. The van der Waals surface area contributed by atoms with E-state index in [1.807, 2.05) is 0 Å². The highest BCUT2D eigenvalue weighted by Crippen LogP contribution is 2.29. The number of carbonyl (C=O) groups is 1. The summed E-state index contributed by atoms with van der Waals surface area (Å²) in [6.45, 7) is 0.462. The standard InChI is InChI=1S/C12H22N2O5S/c15-11(16)10-3-7-14(8-4-10)20(18,19)13-9-12(17)5-1-2-6-12/h10,13,17H,1-9H2,(H,15,16). The van der Waals surface area contributed by atoms with E-state index in [0.717, 1.165) is 12.8 Å². The van der Waals surface area contributed by atoms with E-state index in [1.54, 1.807) is 0 Å². The monoisotopic (exact) mass is 306 g/mol. The Balaban J connectivity index is 1.86. The van der Waals surface area contributed by atoms with Crippen molar-refractivity contribution >= 4 is 16.2 Å². The van der Waals surface area contributed by atoms with Crippen molar-refractivity contribution in [2.45, 2.75) is 44.1 Å². The van der Waals surface area contributed by atoms with E-state index in [-0.39, 0.29) is 19.6 Å². The van der Waals surface area contributed by atoms with Crippen LogP contribution in [0.15, 0.2) is 0 Å². The molecule has 7 nitrogen and oxygen atoms in total. The molecule has 116 valence electrons. The Kier molecular flexibility index (Phi) is 4.68. The summed E-state index contributed by atoms with van der Waals surface area (Å²) >= 11 is 0. The van der Waals surface area contributed by atoms with Crippen molar-refractivity contribution < 1.29 is 23.4 Å². The van der Waals surface area contributed by atoms with Crippen LogP contribution >= 0.6 is 0 Å². The maximum Gasteiger partial charge on any atom is 0.306 e. The molecule has 8 heteroatoms. The van der Waals surface area contributed by atoms with E-state index in [2.05, 4.69) is 4.72 Å². The summed E-state index contributed by atoms with van der Waals surface area (Å²) < 4.78 is 28.0. The van der Waals surface area contributed by atoms with Crippen molar-refractivity contribution in [3.63, 3.8) is 0 Å². The number of nitrogens with zero attached hydrogens (tertiary/aromatic N) is 1. The molecule has 1 heterocycles. The van der Waals surface area contributed by atoms with Crippen LogP contribution in [0.3, 0.4) is 0 Å². The molecule has 0 unspecified atom stereocenters. The highest BCUT2D eigenvalue weighted by Gasteiger charge is 2.35. The molecule has 1 aliphatic heterocycles. The van der Waals surface area contributed by atoms with Gasteiger partial charge in [0.2, 0.25) is 0 Å². The number of aliphatic hydroxyl groups is 1. The summed E-state index contributed by atoms with van der Waals surface area (Å²) in [5.74, 6) is -1.32. The van der Waals surface area contributed by atoms with Crippen LogP contribution < -0.4 is 4.72 Å². The van der Waals surface area contributed by atoms with Crippen molar-refractivity contribution in [1.29, 1.82) is 0 Å². The number of rotatable bonds is 5. The molecule has 0 aromatic heterocycles. The van der Waals surface area contributed by atoms with Gasteiger partial charge in [-0.3, -0.25) is 4.79 Å². The molecule has 1 aliphatic carbocycles. The summed E-state index contributed by atoms with van der Waals surface area (Å²) in [7, 11) is -3.63. The van der Waals surface area contributed by atoms with Crippen LogP contribution in [0.1, 0.15) is 38.5 Å². The normalized spacial score (nSPS) is 24.9. The zero-order chi connectivity index (χ0) is 14.8. The van der Waals surface area contributed by atoms with Crippen molar-refractivity contribution in [1.82, 2.24) is 9.03 Å². The van der Waals surface area contributed by atoms with Gasteiger partial charge in [-0.1, -0.05) is 12.8 Å². The average Bonchev–Trinajstić information content (AvgIpc) is 2.84. The minimum absolute atomic E-state index is 0.0359. The Morgan fingerprint density at radius 3 is 2.30 bits per heavy atom. The van der Waals surface area contributed by atoms with Gasteiger partial charge in [0, 0.05) is 19.6 Å². The van der Waals surface area contributed by atoms with Gasteiger partial charge in [-0.05, 0) is 25.7 Å². The smallest absolute Gasteiger partial charge is 0.306 e. The molecule has 2 fully saturated rings. The third-order valence-corrected chi connectivity index (χ3v) is 5.82. The quantitative estimate of drug-likeness (QED) is 0.659. The second kappa shape index (κ2) is 5.97. The number of hydrogen-bond acceptors (Lipinski definition) is 4. The number of piperidine rings is 1. The SMILES string of the molecule is O=C(O)C1CCN(S(=O)(=O)NCC2(O)CCCC2)CC1. The van der Waals surface area contributed by atoms with Crippen LogP contribution in [-0.4, -0.2) is 54.1 Å². The fourth-order valence-electron chi connectivity index (χ4n) is 2.87. The first-order valence-electron chi connectivity index (χ1n) is 7.02. The van der Waals surface area contributed by atoms with Gasteiger partial charge in [0.05, 0.1) is 11.5 Å². The van der Waals surface area contributed by atoms with Gasteiger partial charge in [0.15, 0.2) is 0 Å². The first-order valence-corrected chi connectivity index (χ1v) is 8.46. The van der Waals surface area contributed by atoms with Crippen LogP contribution in [0.5, 0.6) is 0 Å². The third-order valence-electron chi connectivity index (χ3n) is 4.26. The van der Waals surface area contributed by atoms with Crippen LogP contribution in [-0.2, 0) is 15.0 Å². The molecule has 0 amide bonds. The minimum atomic E-state index is -3.63. The zero-order valence-corrected chi connectivity index (χ0v) is 12.2. The van der Waals surface area contributed by atoms with Crippen LogP contribution in [0.2, 0.25) is 0 Å². The van der Waals surface area contributed by atoms with Crippen LogP contribution in [0.4, 0.5) is 0 Å². The number of nitrogens with one attached hydrogen (secondary N) is 1. The van der Waals surface area contributed by atoms with Crippen molar-refractivity contribution in [2.24, 2.45) is 5.92 Å². The lowest BCUT2D eigenvalue weighted by atomic mass is 9.99. The van der Waals surface area contributed by atoms with Crippen molar-refractivity contribution in [3.8, 4) is 0 Å². The fourth-order valence-corrected chi connectivity index (χ4v) is 4.20. The van der Waals surface area contributed by atoms with Crippen LogP contribution in [0.25, 0.3) is 0 Å². The first-order chi connectivity index (χ1) is 9.32. The van der Waals surface area contributed by atoms with Gasteiger partial charge in [-0.15, -0.1) is 0 Å². The van der Waals surface area contributed by atoms with E-state index in [4.69, 9.17) is 5.11 Å². The second-order valence-electron chi connectivity index (χ2n) is 5.77. The molecule has 0 bridgehead atoms. The molecule has 0 radical (unpaired) electrons. The highest BCUT2D eigenvalue weighted by atomic mass is 32.2. The van der Waals surface area contributed by atoms with Gasteiger partial charge in [-0.25, -0.2) is 0 Å². The van der Waals surface area contributed by atoms with E-state index in [9.17, 15) is 18.3 Å². The lowest BCUT2D eigenvalue weighted by Crippen LogP contribution is -2.49. The van der Waals surface area contributed by atoms with E-state index in [1.165, 1.54) is 4.31 Å². The number of hydrogen-bond donors (Lipinski definition) is 3. The lowest BCUT2D eigenvalue weighted by Gasteiger charge is -2.31. The van der Waals surface area contributed by atoms with E-state index < -0.39 is 27.7 Å². The van der Waals surface area contributed by atoms with E-state index in [0.29, 0.717) is 25.7 Å². The molecule has 1 saturated carbocycles. The molecular weight excluding hydrogens is 284 g/mol. The Bertz CT molecular complexity index is 450. The van der Waals surface area contributed by atoms with Gasteiger partial charge in [0.25, 0.3) is 10.2 Å². The summed E-state index contributed by atoms with van der Waals surface area (Å²) in [4.78, 5) is 10.8. The number of aliphatic carboxylic acids is 1. The molecule has 0 aromatic rings.